The summed E-state index contributed by atoms with van der Waals surface area (Å²) in [5.74, 6) is 0.905. The van der Waals surface area contributed by atoms with Crippen molar-refractivity contribution in [2.45, 2.75) is 44.1 Å². The molecule has 1 saturated carbocycles. The van der Waals surface area contributed by atoms with Crippen LogP contribution in [0.25, 0.3) is 0 Å². The average Bonchev–Trinajstić information content (AvgIpc) is 2.47. The number of carbonyl (C=O) groups excluding carboxylic acids is 1. The Kier molecular flexibility index (Phi) is 3.59. The fourth-order valence-corrected chi connectivity index (χ4v) is 3.26. The van der Waals surface area contributed by atoms with E-state index in [2.05, 4.69) is 15.6 Å². The topological polar surface area (TPSA) is 72.5 Å². The highest BCUT2D eigenvalue weighted by Crippen LogP contribution is 2.49. The predicted octanol–water partition coefficient (Wildman–Crippen LogP) is 1.68. The molecule has 0 unspecified atom stereocenters. The summed E-state index contributed by atoms with van der Waals surface area (Å²) in [6.07, 6.45) is 1.86. The summed E-state index contributed by atoms with van der Waals surface area (Å²) in [6, 6.07) is 4.29. The van der Waals surface area contributed by atoms with Gasteiger partial charge in [0.05, 0.1) is 11.2 Å². The van der Waals surface area contributed by atoms with E-state index in [0.29, 0.717) is 12.5 Å². The maximum absolute atomic E-state index is 11.8. The van der Waals surface area contributed by atoms with Gasteiger partial charge in [0.2, 0.25) is 12.2 Å². The van der Waals surface area contributed by atoms with Crippen molar-refractivity contribution in [1.29, 1.82) is 0 Å². The number of pyridine rings is 1. The van der Waals surface area contributed by atoms with E-state index >= 15 is 0 Å². The van der Waals surface area contributed by atoms with Gasteiger partial charge in [-0.1, -0.05) is 13.0 Å². The average molecular weight is 291 g/mol. The highest BCUT2D eigenvalue weighted by molar-refractivity contribution is 5.78. The first-order valence-electron chi connectivity index (χ1n) is 7.26. The number of amides is 1. The first-order chi connectivity index (χ1) is 10.1. The molecule has 1 aromatic heterocycles. The Balaban J connectivity index is 1.92. The number of hydrogen-bond donors (Lipinski definition) is 2. The number of rotatable bonds is 5. The number of aromatic nitrogens is 1. The van der Waals surface area contributed by atoms with Crippen molar-refractivity contribution in [3.8, 4) is 0 Å². The van der Waals surface area contributed by atoms with Crippen molar-refractivity contribution >= 4 is 11.7 Å². The molecule has 1 aliphatic carbocycles. The van der Waals surface area contributed by atoms with Crippen LogP contribution in [0.4, 0.5) is 5.82 Å². The first-order valence-corrected chi connectivity index (χ1v) is 7.26. The summed E-state index contributed by atoms with van der Waals surface area (Å²) in [5, 5.41) is 6.57. The van der Waals surface area contributed by atoms with Gasteiger partial charge >= 0.3 is 0 Å². The second-order valence-electron chi connectivity index (χ2n) is 5.67. The summed E-state index contributed by atoms with van der Waals surface area (Å²) in [5.41, 5.74) is 1.53. The molecule has 0 radical (unpaired) electrons. The molecule has 21 heavy (non-hydrogen) atoms. The smallest absolute Gasteiger partial charge is 0.220 e. The van der Waals surface area contributed by atoms with E-state index in [1.54, 1.807) is 14.2 Å². The third kappa shape index (κ3) is 2.28. The van der Waals surface area contributed by atoms with Crippen molar-refractivity contribution in [2.24, 2.45) is 0 Å². The van der Waals surface area contributed by atoms with E-state index in [9.17, 15) is 4.79 Å². The van der Waals surface area contributed by atoms with Crippen LogP contribution in [0.1, 0.15) is 43.7 Å². The van der Waals surface area contributed by atoms with E-state index in [1.807, 2.05) is 19.1 Å². The minimum atomic E-state index is -0.475. The largest absolute Gasteiger partial charge is 0.367 e. The van der Waals surface area contributed by atoms with Crippen molar-refractivity contribution < 1.29 is 14.3 Å². The Morgan fingerprint density at radius 3 is 2.81 bits per heavy atom. The van der Waals surface area contributed by atoms with Crippen LogP contribution in [0.2, 0.25) is 0 Å². The minimum absolute atomic E-state index is 0.0806. The Labute approximate surface area is 124 Å². The number of anilines is 1. The van der Waals surface area contributed by atoms with Gasteiger partial charge in [0.25, 0.3) is 0 Å². The summed E-state index contributed by atoms with van der Waals surface area (Å²) in [7, 11) is 3.17. The highest BCUT2D eigenvalue weighted by atomic mass is 16.7. The van der Waals surface area contributed by atoms with E-state index < -0.39 is 6.29 Å². The number of nitrogens with zero attached hydrogens (tertiary/aromatic N) is 1. The maximum atomic E-state index is 11.8. The molecule has 1 aromatic rings. The van der Waals surface area contributed by atoms with E-state index in [0.717, 1.165) is 29.9 Å². The fourth-order valence-electron chi connectivity index (χ4n) is 3.26. The zero-order valence-corrected chi connectivity index (χ0v) is 12.6. The van der Waals surface area contributed by atoms with Gasteiger partial charge in [0.15, 0.2) is 0 Å². The number of nitrogens with one attached hydrogen (secondary N) is 2. The van der Waals surface area contributed by atoms with Crippen molar-refractivity contribution in [3.63, 3.8) is 0 Å². The molecule has 3 aliphatic rings. The molecule has 0 atom stereocenters. The molecular weight excluding hydrogens is 270 g/mol. The standard InChI is InChI=1S/C15H21N3O3/c1-4-12(19)18-15-7-9(8-15)16-13-10(15)5-6-11(17-13)14(20-2)21-3/h5-6,9,14H,4,7-8H2,1-3H3,(H,16,17)(H,18,19). The molecule has 0 aromatic carbocycles. The number of ether oxygens (including phenoxy) is 2. The van der Waals surface area contributed by atoms with Gasteiger partial charge < -0.3 is 20.1 Å². The molecule has 6 heteroatoms. The lowest BCUT2D eigenvalue weighted by atomic mass is 9.65. The third-order valence-electron chi connectivity index (χ3n) is 4.33. The van der Waals surface area contributed by atoms with Crippen molar-refractivity contribution in [2.75, 3.05) is 19.5 Å². The van der Waals surface area contributed by atoms with Crippen LogP contribution in [-0.2, 0) is 19.8 Å². The summed E-state index contributed by atoms with van der Waals surface area (Å²) >= 11 is 0. The molecule has 0 spiro atoms. The normalized spacial score (nSPS) is 25.8. The van der Waals surface area contributed by atoms with E-state index in [-0.39, 0.29) is 11.4 Å². The SMILES string of the molecule is CCC(=O)NC12CC(C1)Nc1nc(C(OC)OC)ccc12. The monoisotopic (exact) mass is 291 g/mol. The van der Waals surface area contributed by atoms with Crippen LogP contribution in [0, 0.1) is 0 Å². The van der Waals surface area contributed by atoms with Crippen molar-refractivity contribution in [1.82, 2.24) is 10.3 Å². The predicted molar refractivity (Wildman–Crippen MR) is 77.8 cm³/mol. The molecule has 4 rings (SSSR count). The molecule has 2 bridgehead atoms. The maximum Gasteiger partial charge on any atom is 0.220 e. The lowest BCUT2D eigenvalue weighted by molar-refractivity contribution is -0.124. The third-order valence-corrected chi connectivity index (χ3v) is 4.33. The van der Waals surface area contributed by atoms with Gasteiger partial charge in [-0.3, -0.25) is 4.79 Å². The number of methoxy groups -OCH3 is 2. The van der Waals surface area contributed by atoms with Crippen LogP contribution in [-0.4, -0.2) is 31.2 Å². The second kappa shape index (κ2) is 5.27. The minimum Gasteiger partial charge on any atom is -0.367 e. The summed E-state index contributed by atoms with van der Waals surface area (Å²) in [6.45, 7) is 1.87. The second-order valence-corrected chi connectivity index (χ2v) is 5.67. The zero-order chi connectivity index (χ0) is 15.0. The summed E-state index contributed by atoms with van der Waals surface area (Å²) in [4.78, 5) is 16.4. The van der Waals surface area contributed by atoms with Gasteiger partial charge in [0, 0.05) is 32.2 Å². The Morgan fingerprint density at radius 2 is 2.19 bits per heavy atom. The van der Waals surface area contributed by atoms with Crippen LogP contribution >= 0.6 is 0 Å². The molecule has 114 valence electrons. The van der Waals surface area contributed by atoms with Gasteiger partial charge in [0.1, 0.15) is 5.82 Å². The van der Waals surface area contributed by atoms with Crippen LogP contribution in [0.15, 0.2) is 12.1 Å². The molecule has 6 nitrogen and oxygen atoms in total. The molecular formula is C15H21N3O3. The van der Waals surface area contributed by atoms with Gasteiger partial charge in [-0.15, -0.1) is 0 Å². The fraction of sp³-hybridized carbons (Fsp3) is 0.600. The molecule has 1 fully saturated rings. The van der Waals surface area contributed by atoms with Crippen LogP contribution < -0.4 is 10.6 Å². The molecule has 0 saturated heterocycles. The summed E-state index contributed by atoms with van der Waals surface area (Å²) < 4.78 is 10.5. The van der Waals surface area contributed by atoms with E-state index in [4.69, 9.17) is 9.47 Å². The zero-order valence-electron chi connectivity index (χ0n) is 12.6. The molecule has 3 heterocycles. The van der Waals surface area contributed by atoms with Crippen LogP contribution in [0.3, 0.4) is 0 Å². The first kappa shape index (κ1) is 14.3. The van der Waals surface area contributed by atoms with Gasteiger partial charge in [-0.05, 0) is 18.9 Å². The highest BCUT2D eigenvalue weighted by Gasteiger charge is 2.52. The Morgan fingerprint density at radius 1 is 1.48 bits per heavy atom. The number of hydrogen-bond acceptors (Lipinski definition) is 5. The molecule has 1 amide bonds. The molecule has 2 N–H and O–H groups in total. The quantitative estimate of drug-likeness (QED) is 0.808. The van der Waals surface area contributed by atoms with Gasteiger partial charge in [-0.2, -0.15) is 0 Å². The lowest BCUT2D eigenvalue weighted by Crippen LogP contribution is -2.62. The Bertz CT molecular complexity index is 551. The number of carbonyl (C=O) groups is 1. The Hall–Kier alpha value is -1.66. The van der Waals surface area contributed by atoms with E-state index in [1.165, 1.54) is 0 Å². The van der Waals surface area contributed by atoms with Crippen LogP contribution in [0.5, 0.6) is 0 Å². The van der Waals surface area contributed by atoms with Gasteiger partial charge in [-0.25, -0.2) is 4.98 Å². The molecule has 2 aliphatic heterocycles. The lowest BCUT2D eigenvalue weighted by Gasteiger charge is -2.53. The van der Waals surface area contributed by atoms with Crippen molar-refractivity contribution in [3.05, 3.63) is 23.4 Å².